The van der Waals surface area contributed by atoms with E-state index in [1.165, 1.54) is 13.2 Å². The molecule has 0 saturated carbocycles. The van der Waals surface area contributed by atoms with Crippen molar-refractivity contribution in [2.45, 2.75) is 11.8 Å². The zero-order valence-corrected chi connectivity index (χ0v) is 14.0. The Morgan fingerprint density at radius 1 is 1.19 bits per heavy atom. The molecule has 5 nitrogen and oxygen atoms in total. The lowest BCUT2D eigenvalue weighted by Gasteiger charge is -2.12. The molecular weight excluding hydrogens is 356 g/mol. The average molecular weight is 371 g/mol. The van der Waals surface area contributed by atoms with Gasteiger partial charge < -0.3 is 10.5 Å². The van der Waals surface area contributed by atoms with E-state index < -0.39 is 10.0 Å². The van der Waals surface area contributed by atoms with Gasteiger partial charge in [0.15, 0.2) is 0 Å². The molecule has 3 N–H and O–H groups in total. The summed E-state index contributed by atoms with van der Waals surface area (Å²) in [4.78, 5) is 0.154. The number of methoxy groups -OCH3 is 1. The van der Waals surface area contributed by atoms with Gasteiger partial charge in [-0.1, -0.05) is 22.0 Å². The molecule has 2 aromatic rings. The summed E-state index contributed by atoms with van der Waals surface area (Å²) in [5.41, 5.74) is 7.09. The summed E-state index contributed by atoms with van der Waals surface area (Å²) >= 11 is 3.31. The van der Waals surface area contributed by atoms with E-state index >= 15 is 0 Å². The number of anilines is 2. The van der Waals surface area contributed by atoms with Gasteiger partial charge in [-0.15, -0.1) is 0 Å². The van der Waals surface area contributed by atoms with Gasteiger partial charge in [0.25, 0.3) is 10.0 Å². The number of nitrogens with one attached hydrogen (secondary N) is 1. The number of sulfonamides is 1. The first kappa shape index (κ1) is 15.7. The van der Waals surface area contributed by atoms with Gasteiger partial charge in [0.05, 0.1) is 17.7 Å². The standard InChI is InChI=1S/C14H15BrN2O3S/c1-9-3-4-11(16)7-14(9)21(18,19)17-12-5-10(15)6-13(8-12)20-2/h3-8,17H,16H2,1-2H3. The molecule has 0 amide bonds. The minimum atomic E-state index is -3.71. The maximum absolute atomic E-state index is 12.5. The van der Waals surface area contributed by atoms with Gasteiger partial charge in [0.1, 0.15) is 5.75 Å². The van der Waals surface area contributed by atoms with E-state index in [0.29, 0.717) is 27.2 Å². The van der Waals surface area contributed by atoms with Crippen LogP contribution < -0.4 is 15.2 Å². The molecule has 0 radical (unpaired) electrons. The summed E-state index contributed by atoms with van der Waals surface area (Å²) in [6.07, 6.45) is 0. The Kier molecular flexibility index (Phi) is 4.43. The molecule has 0 fully saturated rings. The molecular formula is C14H15BrN2O3S. The van der Waals surface area contributed by atoms with Crippen molar-refractivity contribution in [3.63, 3.8) is 0 Å². The van der Waals surface area contributed by atoms with Gasteiger partial charge in [0, 0.05) is 16.2 Å². The maximum Gasteiger partial charge on any atom is 0.262 e. The molecule has 0 unspecified atom stereocenters. The van der Waals surface area contributed by atoms with E-state index in [9.17, 15) is 8.42 Å². The van der Waals surface area contributed by atoms with Crippen molar-refractivity contribution in [1.29, 1.82) is 0 Å². The SMILES string of the molecule is COc1cc(Br)cc(NS(=O)(=O)c2cc(N)ccc2C)c1. The lowest BCUT2D eigenvalue weighted by atomic mass is 10.2. The van der Waals surface area contributed by atoms with Crippen molar-refractivity contribution in [2.75, 3.05) is 17.6 Å². The third-order valence-corrected chi connectivity index (χ3v) is 4.84. The number of aryl methyl sites for hydroxylation is 1. The first-order chi connectivity index (χ1) is 9.81. The van der Waals surface area contributed by atoms with E-state index in [4.69, 9.17) is 10.5 Å². The summed E-state index contributed by atoms with van der Waals surface area (Å²) in [7, 11) is -2.20. The van der Waals surface area contributed by atoms with Gasteiger partial charge in [0.2, 0.25) is 0 Å². The Balaban J connectivity index is 2.42. The third-order valence-electron chi connectivity index (χ3n) is 2.86. The molecule has 112 valence electrons. The van der Waals surface area contributed by atoms with Crippen molar-refractivity contribution in [1.82, 2.24) is 0 Å². The topological polar surface area (TPSA) is 81.4 Å². The fraction of sp³-hybridized carbons (Fsp3) is 0.143. The van der Waals surface area contributed by atoms with Crippen molar-refractivity contribution >= 4 is 37.3 Å². The van der Waals surface area contributed by atoms with E-state index in [0.717, 1.165) is 0 Å². The largest absolute Gasteiger partial charge is 0.497 e. The van der Waals surface area contributed by atoms with Gasteiger partial charge in [-0.2, -0.15) is 0 Å². The number of nitrogen functional groups attached to an aromatic ring is 1. The molecule has 0 aliphatic rings. The second-order valence-electron chi connectivity index (χ2n) is 4.51. The molecule has 0 heterocycles. The number of hydrogen-bond donors (Lipinski definition) is 2. The predicted molar refractivity (Wildman–Crippen MR) is 87.1 cm³/mol. The van der Waals surface area contributed by atoms with Crippen LogP contribution in [-0.4, -0.2) is 15.5 Å². The zero-order chi connectivity index (χ0) is 15.6. The Morgan fingerprint density at radius 3 is 2.57 bits per heavy atom. The van der Waals surface area contributed by atoms with E-state index in [-0.39, 0.29) is 4.90 Å². The van der Waals surface area contributed by atoms with Gasteiger partial charge in [-0.3, -0.25) is 4.72 Å². The molecule has 21 heavy (non-hydrogen) atoms. The number of hydrogen-bond acceptors (Lipinski definition) is 4. The second kappa shape index (κ2) is 5.95. The highest BCUT2D eigenvalue weighted by molar-refractivity contribution is 9.10. The normalized spacial score (nSPS) is 11.2. The van der Waals surface area contributed by atoms with Crippen LogP contribution in [0.1, 0.15) is 5.56 Å². The summed E-state index contributed by atoms with van der Waals surface area (Å²) in [5, 5.41) is 0. The van der Waals surface area contributed by atoms with Crippen LogP contribution in [0, 0.1) is 6.92 Å². The number of rotatable bonds is 4. The van der Waals surface area contributed by atoms with E-state index in [1.54, 1.807) is 37.3 Å². The minimum absolute atomic E-state index is 0.154. The summed E-state index contributed by atoms with van der Waals surface area (Å²) in [6, 6.07) is 9.77. The number of ether oxygens (including phenoxy) is 1. The van der Waals surface area contributed by atoms with Crippen LogP contribution in [-0.2, 0) is 10.0 Å². The Morgan fingerprint density at radius 2 is 1.90 bits per heavy atom. The monoisotopic (exact) mass is 370 g/mol. The Hall–Kier alpha value is -1.73. The highest BCUT2D eigenvalue weighted by atomic mass is 79.9. The summed E-state index contributed by atoms with van der Waals surface area (Å²) in [5.74, 6) is 0.548. The Labute approximate surface area is 132 Å². The fourth-order valence-electron chi connectivity index (χ4n) is 1.86. The average Bonchev–Trinajstić information content (AvgIpc) is 2.40. The molecule has 2 aromatic carbocycles. The number of halogens is 1. The van der Waals surface area contributed by atoms with Gasteiger partial charge >= 0.3 is 0 Å². The van der Waals surface area contributed by atoms with Crippen LogP contribution in [0.4, 0.5) is 11.4 Å². The lowest BCUT2D eigenvalue weighted by Crippen LogP contribution is -2.14. The van der Waals surface area contributed by atoms with Gasteiger partial charge in [-0.05, 0) is 36.8 Å². The molecule has 0 aliphatic heterocycles. The summed E-state index contributed by atoms with van der Waals surface area (Å²) in [6.45, 7) is 1.72. The van der Waals surface area contributed by atoms with E-state index in [2.05, 4.69) is 20.7 Å². The fourth-order valence-corrected chi connectivity index (χ4v) is 3.65. The molecule has 0 spiro atoms. The van der Waals surface area contributed by atoms with Crippen LogP contribution >= 0.6 is 15.9 Å². The molecule has 0 bridgehead atoms. The first-order valence-corrected chi connectivity index (χ1v) is 8.33. The highest BCUT2D eigenvalue weighted by Crippen LogP contribution is 2.27. The lowest BCUT2D eigenvalue weighted by molar-refractivity contribution is 0.415. The van der Waals surface area contributed by atoms with Crippen molar-refractivity contribution < 1.29 is 13.2 Å². The molecule has 7 heteroatoms. The molecule has 0 aromatic heterocycles. The Bertz CT molecular complexity index is 776. The van der Waals surface area contributed by atoms with Gasteiger partial charge in [-0.25, -0.2) is 8.42 Å². The minimum Gasteiger partial charge on any atom is -0.497 e. The van der Waals surface area contributed by atoms with Crippen LogP contribution in [0.5, 0.6) is 5.75 Å². The van der Waals surface area contributed by atoms with E-state index in [1.807, 2.05) is 0 Å². The van der Waals surface area contributed by atoms with Crippen LogP contribution in [0.2, 0.25) is 0 Å². The van der Waals surface area contributed by atoms with Crippen molar-refractivity contribution in [3.05, 3.63) is 46.4 Å². The second-order valence-corrected chi connectivity index (χ2v) is 7.08. The maximum atomic E-state index is 12.5. The molecule has 0 saturated heterocycles. The number of nitrogens with two attached hydrogens (primary N) is 1. The van der Waals surface area contributed by atoms with Crippen LogP contribution in [0.15, 0.2) is 45.8 Å². The zero-order valence-electron chi connectivity index (χ0n) is 11.6. The molecule has 0 aliphatic carbocycles. The third kappa shape index (κ3) is 3.68. The highest BCUT2D eigenvalue weighted by Gasteiger charge is 2.17. The quantitative estimate of drug-likeness (QED) is 0.809. The van der Waals surface area contributed by atoms with Crippen molar-refractivity contribution in [3.8, 4) is 5.75 Å². The van der Waals surface area contributed by atoms with Crippen LogP contribution in [0.25, 0.3) is 0 Å². The molecule has 0 atom stereocenters. The van der Waals surface area contributed by atoms with Crippen molar-refractivity contribution in [2.24, 2.45) is 0 Å². The van der Waals surface area contributed by atoms with Crippen LogP contribution in [0.3, 0.4) is 0 Å². The smallest absolute Gasteiger partial charge is 0.262 e. The summed E-state index contributed by atoms with van der Waals surface area (Å²) < 4.78 is 33.3. The molecule has 2 rings (SSSR count). The first-order valence-electron chi connectivity index (χ1n) is 6.05. The predicted octanol–water partition coefficient (Wildman–Crippen LogP) is 3.15. The number of benzene rings is 2.